The third-order valence-corrected chi connectivity index (χ3v) is 7.74. The van der Waals surface area contributed by atoms with Crippen LogP contribution in [0.2, 0.25) is 0 Å². The number of amides is 4. The molecule has 3 atom stereocenters. The third-order valence-electron chi connectivity index (χ3n) is 7.74. The quantitative estimate of drug-likeness (QED) is 0.0351. The predicted octanol–water partition coefficient (Wildman–Crippen LogP) is 1.92. The molecule has 17 heteroatoms. The van der Waals surface area contributed by atoms with Gasteiger partial charge in [0, 0.05) is 25.2 Å². The number of rotatable bonds is 23. The number of hydrogen-bond donors (Lipinski definition) is 8. The van der Waals surface area contributed by atoms with E-state index in [1.165, 1.54) is 12.2 Å². The maximum Gasteiger partial charge on any atom is 0.336 e. The normalized spacial score (nSPS) is 13.4. The molecule has 1 unspecified atom stereocenters. The van der Waals surface area contributed by atoms with Gasteiger partial charge in [-0.3, -0.25) is 29.6 Å². The largest absolute Gasteiger partial charge is 0.480 e. The van der Waals surface area contributed by atoms with Gasteiger partial charge in [-0.1, -0.05) is 60.7 Å². The second kappa shape index (κ2) is 22.1. The lowest BCUT2D eigenvalue weighted by atomic mass is 9.94. The third kappa shape index (κ3) is 16.3. The molecule has 0 aromatic heterocycles. The van der Waals surface area contributed by atoms with Crippen molar-refractivity contribution in [2.75, 3.05) is 13.1 Å². The average molecular weight is 741 g/mol. The van der Waals surface area contributed by atoms with Gasteiger partial charge in [-0.05, 0) is 61.8 Å². The van der Waals surface area contributed by atoms with Crippen molar-refractivity contribution in [1.29, 1.82) is 0 Å². The lowest BCUT2D eigenvalue weighted by Crippen LogP contribution is -2.51. The topological polar surface area (TPSA) is 271 Å². The number of unbranched alkanes of at least 4 members (excludes halogenated alkanes) is 2. The molecule has 4 amide bonds. The Kier molecular flexibility index (Phi) is 18.1. The van der Waals surface area contributed by atoms with Crippen LogP contribution in [0.25, 0.3) is 12.2 Å². The standard InChI is InChI=1S/C36H44N4O13/c41-29(37-27(33(45)46)15-7-9-21-39(52)31(43)19-17-25-11-3-1-4-12-25)23-36(51,35(49)50)24-30(42)38-28(34(47)48)16-8-10-22-40(53)32(44)20-18-26-13-5-2-6-14-26/h1-6,11-14,17-20,27-28,51-53H,7-10,15-16,21-24H2,(H,37,41)(H,38,42)(H,45,46)(H,47,48)(H,49,50)/b19-17-,20-18+/t27-,28-,36?/m0/s1. The molecule has 0 aliphatic rings. The van der Waals surface area contributed by atoms with Gasteiger partial charge in [0.15, 0.2) is 5.60 Å². The zero-order chi connectivity index (χ0) is 39.4. The number of hydrogen-bond acceptors (Lipinski definition) is 10. The zero-order valence-corrected chi connectivity index (χ0v) is 28.7. The van der Waals surface area contributed by atoms with Crippen molar-refractivity contribution in [2.45, 2.75) is 69.1 Å². The summed E-state index contributed by atoms with van der Waals surface area (Å²) in [6.45, 7) is -0.314. The van der Waals surface area contributed by atoms with Gasteiger partial charge in [0.05, 0.1) is 12.8 Å². The van der Waals surface area contributed by atoms with Crippen LogP contribution >= 0.6 is 0 Å². The van der Waals surface area contributed by atoms with Gasteiger partial charge in [-0.15, -0.1) is 0 Å². The molecule has 17 nitrogen and oxygen atoms in total. The molecule has 0 aliphatic heterocycles. The number of carboxylic acids is 3. The van der Waals surface area contributed by atoms with Crippen LogP contribution in [0.15, 0.2) is 72.8 Å². The van der Waals surface area contributed by atoms with Crippen LogP contribution in [0.1, 0.15) is 62.5 Å². The van der Waals surface area contributed by atoms with Gasteiger partial charge >= 0.3 is 17.9 Å². The van der Waals surface area contributed by atoms with Gasteiger partial charge in [0.2, 0.25) is 11.8 Å². The summed E-state index contributed by atoms with van der Waals surface area (Å²) in [5, 5.41) is 64.3. The number of aliphatic carboxylic acids is 3. The van der Waals surface area contributed by atoms with Crippen LogP contribution in [-0.2, 0) is 33.6 Å². The van der Waals surface area contributed by atoms with Crippen molar-refractivity contribution >= 4 is 53.7 Å². The molecule has 0 radical (unpaired) electrons. The highest BCUT2D eigenvalue weighted by molar-refractivity contribution is 5.94. The Morgan fingerprint density at radius 1 is 0.604 bits per heavy atom. The van der Waals surface area contributed by atoms with Crippen molar-refractivity contribution in [1.82, 2.24) is 20.8 Å². The molecule has 8 N–H and O–H groups in total. The highest BCUT2D eigenvalue weighted by Crippen LogP contribution is 2.18. The Morgan fingerprint density at radius 3 is 1.28 bits per heavy atom. The van der Waals surface area contributed by atoms with Crippen molar-refractivity contribution in [2.24, 2.45) is 0 Å². The SMILES string of the molecule is O=C(CC(O)(CC(=O)N[C@@H](CCCCN(O)C(=O)/C=C/c1ccccc1)C(=O)O)C(=O)O)N[C@@H](CCCCN(O)C(=O)/C=C\c1ccccc1)C(=O)O. The van der Waals surface area contributed by atoms with Gasteiger partial charge in [0.1, 0.15) is 12.1 Å². The summed E-state index contributed by atoms with van der Waals surface area (Å²) in [6, 6.07) is 14.6. The number of benzene rings is 2. The van der Waals surface area contributed by atoms with Gasteiger partial charge < -0.3 is 31.1 Å². The molecule has 0 bridgehead atoms. The molecule has 2 aromatic carbocycles. The highest BCUT2D eigenvalue weighted by atomic mass is 16.5. The molecule has 0 saturated carbocycles. The number of nitrogens with one attached hydrogen (secondary N) is 2. The first-order chi connectivity index (χ1) is 25.1. The molecule has 2 rings (SSSR count). The molecule has 286 valence electrons. The Balaban J connectivity index is 1.82. The van der Waals surface area contributed by atoms with E-state index in [0.717, 1.165) is 23.3 Å². The highest BCUT2D eigenvalue weighted by Gasteiger charge is 2.42. The predicted molar refractivity (Wildman–Crippen MR) is 187 cm³/mol. The minimum absolute atomic E-state index is 0.101. The molecule has 0 spiro atoms. The number of nitrogens with zero attached hydrogens (tertiary/aromatic N) is 2. The van der Waals surface area contributed by atoms with Crippen LogP contribution in [0.5, 0.6) is 0 Å². The molecule has 0 aliphatic carbocycles. The van der Waals surface area contributed by atoms with Crippen LogP contribution in [-0.4, -0.2) is 113 Å². The summed E-state index contributed by atoms with van der Waals surface area (Å²) >= 11 is 0. The lowest BCUT2D eigenvalue weighted by Gasteiger charge is -2.24. The second-order valence-corrected chi connectivity index (χ2v) is 12.0. The summed E-state index contributed by atoms with van der Waals surface area (Å²) in [7, 11) is 0. The zero-order valence-electron chi connectivity index (χ0n) is 28.7. The van der Waals surface area contributed by atoms with Crippen molar-refractivity contribution < 1.29 is 64.4 Å². The van der Waals surface area contributed by atoms with E-state index in [2.05, 4.69) is 10.6 Å². The molecule has 53 heavy (non-hydrogen) atoms. The molecule has 0 saturated heterocycles. The van der Waals surface area contributed by atoms with E-state index in [1.807, 2.05) is 0 Å². The van der Waals surface area contributed by atoms with E-state index in [0.29, 0.717) is 10.1 Å². The summed E-state index contributed by atoms with van der Waals surface area (Å²) in [4.78, 5) is 84.8. The summed E-state index contributed by atoms with van der Waals surface area (Å²) < 4.78 is 0. The van der Waals surface area contributed by atoms with Gasteiger partial charge in [-0.25, -0.2) is 24.5 Å². The summed E-state index contributed by atoms with van der Waals surface area (Å²) in [5.74, 6) is -8.84. The number of hydroxylamine groups is 4. The van der Waals surface area contributed by atoms with Gasteiger partial charge in [-0.2, -0.15) is 0 Å². The van der Waals surface area contributed by atoms with E-state index in [9.17, 15) is 64.4 Å². The van der Waals surface area contributed by atoms with Crippen LogP contribution in [0.4, 0.5) is 0 Å². The maximum absolute atomic E-state index is 12.6. The molecule has 2 aromatic rings. The van der Waals surface area contributed by atoms with E-state index < -0.39 is 72.1 Å². The van der Waals surface area contributed by atoms with Gasteiger partial charge in [0.25, 0.3) is 11.8 Å². The van der Waals surface area contributed by atoms with E-state index in [1.54, 1.807) is 60.7 Å². The first-order valence-corrected chi connectivity index (χ1v) is 16.6. The lowest BCUT2D eigenvalue weighted by molar-refractivity contribution is -0.165. The Bertz CT molecular complexity index is 1510. The Labute approximate surface area is 304 Å². The fourth-order valence-electron chi connectivity index (χ4n) is 4.83. The van der Waals surface area contributed by atoms with E-state index in [-0.39, 0.29) is 51.6 Å². The average Bonchev–Trinajstić information content (AvgIpc) is 3.12. The number of carbonyl (C=O) groups is 7. The van der Waals surface area contributed by atoms with Crippen LogP contribution in [0, 0.1) is 0 Å². The maximum atomic E-state index is 12.6. The fraction of sp³-hybridized carbons (Fsp3) is 0.361. The minimum atomic E-state index is -3.03. The molecule has 0 fully saturated rings. The fourth-order valence-corrected chi connectivity index (χ4v) is 4.83. The minimum Gasteiger partial charge on any atom is -0.480 e. The van der Waals surface area contributed by atoms with E-state index >= 15 is 0 Å². The Morgan fingerprint density at radius 2 is 0.962 bits per heavy atom. The van der Waals surface area contributed by atoms with Crippen molar-refractivity contribution in [3.05, 3.63) is 83.9 Å². The van der Waals surface area contributed by atoms with E-state index in [4.69, 9.17) is 0 Å². The number of carbonyl (C=O) groups excluding carboxylic acids is 4. The van der Waals surface area contributed by atoms with Crippen molar-refractivity contribution in [3.63, 3.8) is 0 Å². The van der Waals surface area contributed by atoms with Crippen molar-refractivity contribution in [3.8, 4) is 0 Å². The van der Waals surface area contributed by atoms with Crippen LogP contribution in [0.3, 0.4) is 0 Å². The first kappa shape index (κ1) is 43.3. The molecular formula is C36H44N4O13. The smallest absolute Gasteiger partial charge is 0.336 e. The number of aliphatic hydroxyl groups is 1. The second-order valence-electron chi connectivity index (χ2n) is 12.0. The molecular weight excluding hydrogens is 696 g/mol. The Hall–Kier alpha value is -5.91. The van der Waals surface area contributed by atoms with Crippen LogP contribution < -0.4 is 10.6 Å². The number of carboxylic acid groups (broad SMARTS) is 3. The monoisotopic (exact) mass is 740 g/mol. The molecule has 0 heterocycles. The first-order valence-electron chi connectivity index (χ1n) is 16.6. The summed E-state index contributed by atoms with van der Waals surface area (Å²) in [6.07, 6.45) is 2.90. The summed E-state index contributed by atoms with van der Waals surface area (Å²) in [5.41, 5.74) is -1.57.